The lowest BCUT2D eigenvalue weighted by Crippen LogP contribution is -2.26. The molecule has 0 unspecified atom stereocenters. The number of para-hydroxylation sites is 2. The fourth-order valence-electron chi connectivity index (χ4n) is 3.17. The Bertz CT molecular complexity index is 1330. The van der Waals surface area contributed by atoms with Gasteiger partial charge in [0.15, 0.2) is 5.69 Å². The van der Waals surface area contributed by atoms with Gasteiger partial charge >= 0.3 is 0 Å². The average molecular weight is 443 g/mol. The van der Waals surface area contributed by atoms with Gasteiger partial charge in [0.25, 0.3) is 11.8 Å². The number of benzene rings is 2. The minimum absolute atomic E-state index is 0.115. The minimum atomic E-state index is -0.503. The van der Waals surface area contributed by atoms with Gasteiger partial charge in [-0.1, -0.05) is 24.3 Å². The van der Waals surface area contributed by atoms with Crippen LogP contribution in [0.4, 0.5) is 0 Å². The van der Waals surface area contributed by atoms with Crippen LogP contribution in [-0.2, 0) is 6.42 Å². The first-order valence-electron chi connectivity index (χ1n) is 10.2. The second-order valence-corrected chi connectivity index (χ2v) is 7.10. The van der Waals surface area contributed by atoms with Crippen LogP contribution in [0.2, 0.25) is 0 Å². The number of ether oxygens (including phenoxy) is 1. The molecule has 0 radical (unpaired) electrons. The molecule has 33 heavy (non-hydrogen) atoms. The van der Waals surface area contributed by atoms with Crippen molar-refractivity contribution in [3.8, 4) is 17.4 Å². The van der Waals surface area contributed by atoms with Gasteiger partial charge in [-0.05, 0) is 42.3 Å². The lowest BCUT2D eigenvalue weighted by atomic mass is 10.1. The van der Waals surface area contributed by atoms with Crippen molar-refractivity contribution in [1.29, 1.82) is 0 Å². The summed E-state index contributed by atoms with van der Waals surface area (Å²) in [6.45, 7) is 0.326. The molecule has 166 valence electrons. The van der Waals surface area contributed by atoms with E-state index in [1.54, 1.807) is 42.5 Å². The molecule has 2 aromatic heterocycles. The molecule has 0 saturated heterocycles. The van der Waals surface area contributed by atoms with E-state index in [1.165, 1.54) is 13.2 Å². The molecule has 0 atom stereocenters. The van der Waals surface area contributed by atoms with Gasteiger partial charge < -0.3 is 20.5 Å². The van der Waals surface area contributed by atoms with Gasteiger partial charge in [0, 0.05) is 25.9 Å². The van der Waals surface area contributed by atoms with E-state index in [9.17, 15) is 14.7 Å². The normalized spacial score (nSPS) is 10.6. The molecule has 9 nitrogen and oxygen atoms in total. The third-order valence-electron chi connectivity index (χ3n) is 4.79. The molecule has 0 fully saturated rings. The maximum atomic E-state index is 12.5. The lowest BCUT2D eigenvalue weighted by Gasteiger charge is -2.10. The third kappa shape index (κ3) is 5.21. The van der Waals surface area contributed by atoms with Gasteiger partial charge in [0.1, 0.15) is 17.2 Å². The molecule has 0 aliphatic heterocycles. The molecule has 0 spiro atoms. The van der Waals surface area contributed by atoms with Crippen LogP contribution >= 0.6 is 0 Å². The minimum Gasteiger partial charge on any atom is -0.492 e. The summed E-state index contributed by atoms with van der Waals surface area (Å²) in [7, 11) is 1.54. The number of nitrogens with zero attached hydrogens (tertiary/aromatic N) is 3. The first-order chi connectivity index (χ1) is 16.0. The molecule has 2 amide bonds. The number of rotatable bonds is 7. The van der Waals surface area contributed by atoms with E-state index in [0.717, 1.165) is 5.56 Å². The van der Waals surface area contributed by atoms with E-state index in [4.69, 9.17) is 4.74 Å². The van der Waals surface area contributed by atoms with Crippen molar-refractivity contribution in [3.63, 3.8) is 0 Å². The van der Waals surface area contributed by atoms with Crippen LogP contribution in [0.3, 0.4) is 0 Å². The number of amides is 2. The summed E-state index contributed by atoms with van der Waals surface area (Å²) in [5.41, 5.74) is 2.12. The van der Waals surface area contributed by atoms with Gasteiger partial charge in [0.2, 0.25) is 5.88 Å². The van der Waals surface area contributed by atoms with Crippen LogP contribution in [0.15, 0.2) is 66.9 Å². The lowest BCUT2D eigenvalue weighted by molar-refractivity contribution is 0.0941. The molecule has 2 heterocycles. The van der Waals surface area contributed by atoms with Crippen molar-refractivity contribution in [2.45, 2.75) is 6.42 Å². The number of aromatic nitrogens is 3. The first kappa shape index (κ1) is 21.7. The van der Waals surface area contributed by atoms with Crippen molar-refractivity contribution in [2.24, 2.45) is 0 Å². The smallest absolute Gasteiger partial charge is 0.275 e. The van der Waals surface area contributed by atoms with Crippen molar-refractivity contribution >= 4 is 22.8 Å². The van der Waals surface area contributed by atoms with Crippen molar-refractivity contribution in [1.82, 2.24) is 25.6 Å². The van der Waals surface area contributed by atoms with Crippen LogP contribution in [0, 0.1) is 0 Å². The number of aromatic hydroxyl groups is 1. The zero-order valence-electron chi connectivity index (χ0n) is 17.8. The standard InChI is InChI=1S/C24H21N5O4/c1-25-22(30)20-14-17(10-12-26-20)33-16-6-4-5-15(13-16)9-11-27-23(31)21-24(32)29-19-8-3-2-7-18(19)28-21/h2-8,10,12-14H,9,11H2,1H3,(H,25,30)(H,27,31)(H,29,32). The predicted octanol–water partition coefficient (Wildman–Crippen LogP) is 2.85. The van der Waals surface area contributed by atoms with Crippen LogP contribution < -0.4 is 15.4 Å². The molecular formula is C24H21N5O4. The zero-order valence-corrected chi connectivity index (χ0v) is 17.8. The number of nitrogens with one attached hydrogen (secondary N) is 2. The summed E-state index contributed by atoms with van der Waals surface area (Å²) in [6, 6.07) is 17.6. The number of carbonyl (C=O) groups excluding carboxylic acids is 2. The fourth-order valence-corrected chi connectivity index (χ4v) is 3.17. The van der Waals surface area contributed by atoms with Crippen LogP contribution in [-0.4, -0.2) is 45.5 Å². The number of hydrogen-bond acceptors (Lipinski definition) is 7. The average Bonchev–Trinajstić information content (AvgIpc) is 2.83. The molecule has 3 N–H and O–H groups in total. The summed E-state index contributed by atoms with van der Waals surface area (Å²) in [6.07, 6.45) is 2.04. The topological polar surface area (TPSA) is 126 Å². The monoisotopic (exact) mass is 443 g/mol. The van der Waals surface area contributed by atoms with Crippen LogP contribution in [0.5, 0.6) is 17.4 Å². The summed E-state index contributed by atoms with van der Waals surface area (Å²) < 4.78 is 5.85. The Morgan fingerprint density at radius 2 is 1.70 bits per heavy atom. The van der Waals surface area contributed by atoms with Crippen molar-refractivity contribution < 1.29 is 19.4 Å². The summed E-state index contributed by atoms with van der Waals surface area (Å²) in [4.78, 5) is 36.5. The van der Waals surface area contributed by atoms with Gasteiger partial charge in [-0.25, -0.2) is 9.97 Å². The van der Waals surface area contributed by atoms with Crippen LogP contribution in [0.25, 0.3) is 11.0 Å². The Balaban J connectivity index is 1.38. The highest BCUT2D eigenvalue weighted by atomic mass is 16.5. The Labute approximate surface area is 189 Å². The Kier molecular flexibility index (Phi) is 6.40. The molecular weight excluding hydrogens is 422 g/mol. The molecule has 4 aromatic rings. The molecule has 9 heteroatoms. The van der Waals surface area contributed by atoms with Crippen molar-refractivity contribution in [2.75, 3.05) is 13.6 Å². The highest BCUT2D eigenvalue weighted by Gasteiger charge is 2.15. The highest BCUT2D eigenvalue weighted by Crippen LogP contribution is 2.23. The largest absolute Gasteiger partial charge is 0.492 e. The van der Waals surface area contributed by atoms with E-state index in [2.05, 4.69) is 25.6 Å². The predicted molar refractivity (Wildman–Crippen MR) is 121 cm³/mol. The number of hydrogen-bond donors (Lipinski definition) is 3. The molecule has 0 saturated carbocycles. The van der Waals surface area contributed by atoms with Crippen LogP contribution in [0.1, 0.15) is 26.5 Å². The first-order valence-corrected chi connectivity index (χ1v) is 10.2. The third-order valence-corrected chi connectivity index (χ3v) is 4.79. The van der Waals surface area contributed by atoms with Crippen molar-refractivity contribution in [3.05, 3.63) is 83.8 Å². The summed E-state index contributed by atoms with van der Waals surface area (Å²) in [5.74, 6) is -0.135. The quantitative estimate of drug-likeness (QED) is 0.401. The maximum absolute atomic E-state index is 12.5. The molecule has 0 aliphatic rings. The van der Waals surface area contributed by atoms with E-state index in [-0.39, 0.29) is 17.3 Å². The van der Waals surface area contributed by atoms with Gasteiger partial charge in [0.05, 0.1) is 11.0 Å². The number of carbonyl (C=O) groups is 2. The highest BCUT2D eigenvalue weighted by molar-refractivity contribution is 5.96. The summed E-state index contributed by atoms with van der Waals surface area (Å²) >= 11 is 0. The SMILES string of the molecule is CNC(=O)c1cc(Oc2cccc(CCNC(=O)c3nc4ccccc4nc3O)c2)ccn1. The number of fused-ring (bicyclic) bond motifs is 1. The maximum Gasteiger partial charge on any atom is 0.275 e. The molecule has 0 bridgehead atoms. The molecule has 2 aromatic carbocycles. The van der Waals surface area contributed by atoms with Gasteiger partial charge in [-0.15, -0.1) is 0 Å². The van der Waals surface area contributed by atoms with E-state index in [1.807, 2.05) is 18.2 Å². The Morgan fingerprint density at radius 3 is 2.48 bits per heavy atom. The summed E-state index contributed by atoms with van der Waals surface area (Å²) in [5, 5.41) is 15.3. The van der Waals surface area contributed by atoms with E-state index < -0.39 is 11.8 Å². The molecule has 0 aliphatic carbocycles. The second kappa shape index (κ2) is 9.73. The molecule has 4 rings (SSSR count). The Hall–Kier alpha value is -4.53. The zero-order chi connectivity index (χ0) is 23.2. The van der Waals surface area contributed by atoms with E-state index in [0.29, 0.717) is 35.5 Å². The second-order valence-electron chi connectivity index (χ2n) is 7.10. The number of pyridine rings is 1. The Morgan fingerprint density at radius 1 is 0.939 bits per heavy atom. The van der Waals surface area contributed by atoms with Gasteiger partial charge in [-0.2, -0.15) is 0 Å². The van der Waals surface area contributed by atoms with E-state index >= 15 is 0 Å². The van der Waals surface area contributed by atoms with Gasteiger partial charge in [-0.3, -0.25) is 14.6 Å². The fraction of sp³-hybridized carbons (Fsp3) is 0.125.